The minimum absolute atomic E-state index is 0.00280. The molecule has 5 rings (SSSR count). The summed E-state index contributed by atoms with van der Waals surface area (Å²) in [6.45, 7) is 2.08. The Morgan fingerprint density at radius 2 is 1.86 bits per heavy atom. The normalized spacial score (nSPS) is 27.4. The second-order valence-corrected chi connectivity index (χ2v) is 10.5. The molecule has 0 amide bonds. The maximum absolute atomic E-state index is 13.3. The van der Waals surface area contributed by atoms with E-state index in [1.54, 1.807) is 0 Å². The van der Waals surface area contributed by atoms with Crippen molar-refractivity contribution in [2.75, 3.05) is 0 Å². The topological polar surface area (TPSA) is 44.0 Å². The largest absolute Gasteiger partial charge is 0.416 e. The van der Waals surface area contributed by atoms with E-state index in [1.807, 2.05) is 18.2 Å². The summed E-state index contributed by atoms with van der Waals surface area (Å²) < 4.78 is 52.5. The van der Waals surface area contributed by atoms with E-state index in [0.717, 1.165) is 30.5 Å². The molecule has 2 aromatic carbocycles. The number of allylic oxidation sites excluding steroid dienone is 5. The van der Waals surface area contributed by atoms with E-state index in [0.29, 0.717) is 31.2 Å². The highest BCUT2D eigenvalue weighted by Gasteiger charge is 2.54. The minimum atomic E-state index is -4.50. The molecule has 3 aliphatic rings. The summed E-state index contributed by atoms with van der Waals surface area (Å²) in [4.78, 5) is 0. The fourth-order valence-corrected chi connectivity index (χ4v) is 6.15. The van der Waals surface area contributed by atoms with Crippen LogP contribution in [0.15, 0.2) is 77.4 Å². The van der Waals surface area contributed by atoms with Crippen LogP contribution in [0.2, 0.25) is 0 Å². The van der Waals surface area contributed by atoms with Crippen LogP contribution < -0.4 is 0 Å². The zero-order chi connectivity index (χ0) is 25.7. The zero-order valence-electron chi connectivity index (χ0n) is 20.0. The molecular formula is C30H27F4NO. The van der Waals surface area contributed by atoms with Crippen molar-refractivity contribution in [1.29, 1.82) is 5.26 Å². The molecule has 186 valence electrons. The summed E-state index contributed by atoms with van der Waals surface area (Å²) in [7, 11) is 0. The van der Waals surface area contributed by atoms with Gasteiger partial charge in [-0.15, -0.1) is 0 Å². The van der Waals surface area contributed by atoms with E-state index < -0.39 is 22.8 Å². The number of hydrogen-bond donors (Lipinski definition) is 1. The second kappa shape index (κ2) is 8.74. The van der Waals surface area contributed by atoms with Crippen LogP contribution in [0, 0.1) is 22.6 Å². The van der Waals surface area contributed by atoms with Crippen LogP contribution in [0.5, 0.6) is 0 Å². The minimum Gasteiger partial charge on any atom is -0.389 e. The molecule has 1 fully saturated rings. The fourth-order valence-electron chi connectivity index (χ4n) is 6.15. The van der Waals surface area contributed by atoms with Crippen LogP contribution in [-0.2, 0) is 12.6 Å². The van der Waals surface area contributed by atoms with Gasteiger partial charge in [-0.1, -0.05) is 48.9 Å². The van der Waals surface area contributed by atoms with Crippen LogP contribution in [0.4, 0.5) is 17.6 Å². The van der Waals surface area contributed by atoms with Gasteiger partial charge < -0.3 is 5.11 Å². The van der Waals surface area contributed by atoms with E-state index in [1.165, 1.54) is 34.9 Å². The van der Waals surface area contributed by atoms with Gasteiger partial charge in [0.05, 0.1) is 22.8 Å². The van der Waals surface area contributed by atoms with Gasteiger partial charge >= 0.3 is 6.18 Å². The van der Waals surface area contributed by atoms with Crippen molar-refractivity contribution in [2.45, 2.75) is 63.1 Å². The standard InChI is InChI=1S/C30H27F4NO/c1-28-17-22-3-2-21(19-5-8-27(31)9-6-19)14-23(22)15-25(28)11-13-29(28,36)12-10-20-4-7-26(30(32,33)34)16-24(20)18-35/h2-9,15-16,21,36H,10-14,17H2,1H3/t21-,28?,29?/m0/s1. The van der Waals surface area contributed by atoms with Crippen molar-refractivity contribution in [1.82, 2.24) is 0 Å². The van der Waals surface area contributed by atoms with E-state index >= 15 is 0 Å². The third kappa shape index (κ3) is 4.20. The Morgan fingerprint density at radius 3 is 2.56 bits per heavy atom. The van der Waals surface area contributed by atoms with E-state index in [4.69, 9.17) is 0 Å². The number of nitrogens with zero attached hydrogens (tertiary/aromatic N) is 1. The molecule has 3 atom stereocenters. The van der Waals surface area contributed by atoms with Crippen molar-refractivity contribution in [3.8, 4) is 6.07 Å². The van der Waals surface area contributed by atoms with Gasteiger partial charge in [0.25, 0.3) is 0 Å². The SMILES string of the molecule is CC12CC3=C(C=C1CCC2(O)CCc1ccc(C(F)(F)F)cc1C#N)C[C@@H](c1ccc(F)cc1)C=C3. The summed E-state index contributed by atoms with van der Waals surface area (Å²) in [5.41, 5.74) is 2.90. The summed E-state index contributed by atoms with van der Waals surface area (Å²) in [6.07, 6.45) is 5.52. The third-order valence-corrected chi connectivity index (χ3v) is 8.48. The van der Waals surface area contributed by atoms with Crippen molar-refractivity contribution in [3.05, 3.63) is 105 Å². The second-order valence-electron chi connectivity index (χ2n) is 10.5. The Bertz CT molecular complexity index is 1330. The first-order chi connectivity index (χ1) is 17.0. The number of alkyl halides is 3. The third-order valence-electron chi connectivity index (χ3n) is 8.48. The molecule has 0 aromatic heterocycles. The first-order valence-corrected chi connectivity index (χ1v) is 12.2. The molecule has 6 heteroatoms. The van der Waals surface area contributed by atoms with Gasteiger partial charge in [0, 0.05) is 11.3 Å². The average Bonchev–Trinajstić information content (AvgIpc) is 3.10. The predicted octanol–water partition coefficient (Wildman–Crippen LogP) is 7.55. The Hall–Kier alpha value is -3.17. The van der Waals surface area contributed by atoms with Crippen LogP contribution in [-0.4, -0.2) is 10.7 Å². The van der Waals surface area contributed by atoms with Gasteiger partial charge in [0.15, 0.2) is 0 Å². The van der Waals surface area contributed by atoms with Crippen molar-refractivity contribution in [2.24, 2.45) is 5.41 Å². The molecule has 2 unspecified atom stereocenters. The smallest absolute Gasteiger partial charge is 0.389 e. The highest BCUT2D eigenvalue weighted by Crippen LogP contribution is 2.59. The van der Waals surface area contributed by atoms with Gasteiger partial charge in [0.2, 0.25) is 0 Å². The maximum Gasteiger partial charge on any atom is 0.416 e. The molecule has 2 aromatic rings. The van der Waals surface area contributed by atoms with E-state index in [-0.39, 0.29) is 17.3 Å². The summed E-state index contributed by atoms with van der Waals surface area (Å²) in [5, 5.41) is 21.2. The maximum atomic E-state index is 13.3. The van der Waals surface area contributed by atoms with Gasteiger partial charge in [-0.25, -0.2) is 4.39 Å². The molecule has 0 heterocycles. The number of rotatable bonds is 4. The first-order valence-electron chi connectivity index (χ1n) is 12.2. The Kier molecular flexibility index (Phi) is 5.95. The van der Waals surface area contributed by atoms with Gasteiger partial charge in [-0.2, -0.15) is 18.4 Å². The molecule has 0 bridgehead atoms. The van der Waals surface area contributed by atoms with Crippen molar-refractivity contribution in [3.63, 3.8) is 0 Å². The lowest BCUT2D eigenvalue weighted by molar-refractivity contribution is -0.137. The quantitative estimate of drug-likeness (QED) is 0.447. The molecule has 2 nitrogen and oxygen atoms in total. The lowest BCUT2D eigenvalue weighted by atomic mass is 9.63. The van der Waals surface area contributed by atoms with Gasteiger partial charge in [0.1, 0.15) is 5.82 Å². The molecular weight excluding hydrogens is 466 g/mol. The Balaban J connectivity index is 1.34. The molecule has 0 saturated heterocycles. The van der Waals surface area contributed by atoms with Crippen LogP contribution >= 0.6 is 0 Å². The van der Waals surface area contributed by atoms with E-state index in [9.17, 15) is 27.9 Å². The lowest BCUT2D eigenvalue weighted by Crippen LogP contribution is -2.44. The Labute approximate surface area is 208 Å². The number of hydrogen-bond acceptors (Lipinski definition) is 2. The highest BCUT2D eigenvalue weighted by molar-refractivity contribution is 5.50. The Morgan fingerprint density at radius 1 is 1.11 bits per heavy atom. The van der Waals surface area contributed by atoms with Gasteiger partial charge in [-0.3, -0.25) is 0 Å². The van der Waals surface area contributed by atoms with Crippen LogP contribution in [0.25, 0.3) is 0 Å². The van der Waals surface area contributed by atoms with Crippen molar-refractivity contribution < 1.29 is 22.7 Å². The molecule has 3 aliphatic carbocycles. The first kappa shape index (κ1) is 24.5. The van der Waals surface area contributed by atoms with E-state index in [2.05, 4.69) is 25.2 Å². The molecule has 1 saturated carbocycles. The van der Waals surface area contributed by atoms with Crippen LogP contribution in [0.1, 0.15) is 67.2 Å². The highest BCUT2D eigenvalue weighted by atomic mass is 19.4. The molecule has 36 heavy (non-hydrogen) atoms. The lowest BCUT2D eigenvalue weighted by Gasteiger charge is -2.44. The number of fused-ring (bicyclic) bond motifs is 1. The molecule has 1 N–H and O–H groups in total. The number of halogens is 4. The average molecular weight is 494 g/mol. The van der Waals surface area contributed by atoms with Gasteiger partial charge in [-0.05, 0) is 85.1 Å². The number of nitriles is 1. The summed E-state index contributed by atoms with van der Waals surface area (Å²) in [5.74, 6) is -0.0765. The number of benzene rings is 2. The molecule has 0 spiro atoms. The number of aliphatic hydroxyl groups is 1. The fraction of sp³-hybridized carbons (Fsp3) is 0.367. The summed E-state index contributed by atoms with van der Waals surface area (Å²) >= 11 is 0. The number of aryl methyl sites for hydroxylation is 1. The predicted molar refractivity (Wildman–Crippen MR) is 129 cm³/mol. The molecule has 0 radical (unpaired) electrons. The van der Waals surface area contributed by atoms with Crippen molar-refractivity contribution >= 4 is 0 Å². The monoisotopic (exact) mass is 493 g/mol. The summed E-state index contributed by atoms with van der Waals surface area (Å²) in [6, 6.07) is 11.7. The molecule has 0 aliphatic heterocycles. The zero-order valence-corrected chi connectivity index (χ0v) is 20.0. The van der Waals surface area contributed by atoms with Crippen LogP contribution in [0.3, 0.4) is 0 Å².